The van der Waals surface area contributed by atoms with E-state index >= 15 is 0 Å². The van der Waals surface area contributed by atoms with Crippen LogP contribution in [0, 0.1) is 0 Å². The number of nitrogens with one attached hydrogen (secondary N) is 1. The number of furan rings is 1. The summed E-state index contributed by atoms with van der Waals surface area (Å²) in [5.41, 5.74) is 0.799. The number of ether oxygens (including phenoxy) is 2. The molecule has 1 aromatic heterocycles. The first kappa shape index (κ1) is 13.0. The Morgan fingerprint density at radius 1 is 1.25 bits per heavy atom. The molecule has 0 saturated heterocycles. The van der Waals surface area contributed by atoms with Crippen molar-refractivity contribution in [1.29, 1.82) is 0 Å². The van der Waals surface area contributed by atoms with Crippen LogP contribution < -0.4 is 14.8 Å². The maximum absolute atomic E-state index is 10.2. The number of fused-ring (bicyclic) bond motifs is 1. The van der Waals surface area contributed by atoms with Gasteiger partial charge in [0.05, 0.1) is 18.4 Å². The highest BCUT2D eigenvalue weighted by molar-refractivity contribution is 5.45. The van der Waals surface area contributed by atoms with Crippen LogP contribution in [-0.2, 0) is 0 Å². The lowest BCUT2D eigenvalue weighted by Gasteiger charge is -2.16. The van der Waals surface area contributed by atoms with Crippen molar-refractivity contribution >= 4 is 0 Å². The maximum atomic E-state index is 10.2. The lowest BCUT2D eigenvalue weighted by Crippen LogP contribution is -2.24. The minimum absolute atomic E-state index is 0.0497. The van der Waals surface area contributed by atoms with Crippen LogP contribution in [0.2, 0.25) is 0 Å². The first-order chi connectivity index (χ1) is 9.74. The van der Waals surface area contributed by atoms with Gasteiger partial charge in [0.1, 0.15) is 5.76 Å². The summed E-state index contributed by atoms with van der Waals surface area (Å²) in [6.45, 7) is 2.66. The van der Waals surface area contributed by atoms with E-state index in [0.717, 1.165) is 17.1 Å². The van der Waals surface area contributed by atoms with Gasteiger partial charge in [0.15, 0.2) is 11.5 Å². The molecule has 5 heteroatoms. The maximum Gasteiger partial charge on any atom is 0.231 e. The second kappa shape index (κ2) is 5.56. The standard InChI is InChI=1S/C15H17NO4/c1-10(13-3-2-6-18-13)16-8-12(17)11-4-5-14-15(7-11)20-9-19-14/h2-7,10,12,16-17H,8-9H2,1H3/t10-,12?/m1/s1. The minimum atomic E-state index is -0.609. The van der Waals surface area contributed by atoms with E-state index in [1.54, 1.807) is 6.26 Å². The quantitative estimate of drug-likeness (QED) is 0.877. The van der Waals surface area contributed by atoms with Crippen molar-refractivity contribution in [3.63, 3.8) is 0 Å². The second-order valence-corrected chi connectivity index (χ2v) is 4.77. The smallest absolute Gasteiger partial charge is 0.231 e. The Labute approximate surface area is 117 Å². The lowest BCUT2D eigenvalue weighted by atomic mass is 10.1. The molecule has 0 amide bonds. The summed E-state index contributed by atoms with van der Waals surface area (Å²) >= 11 is 0. The van der Waals surface area contributed by atoms with Crippen LogP contribution in [0.5, 0.6) is 11.5 Å². The Morgan fingerprint density at radius 3 is 2.90 bits per heavy atom. The molecule has 0 aliphatic carbocycles. The van der Waals surface area contributed by atoms with Crippen molar-refractivity contribution in [1.82, 2.24) is 5.32 Å². The van der Waals surface area contributed by atoms with Crippen molar-refractivity contribution in [2.24, 2.45) is 0 Å². The first-order valence-corrected chi connectivity index (χ1v) is 6.58. The van der Waals surface area contributed by atoms with Crippen LogP contribution >= 0.6 is 0 Å². The molecule has 20 heavy (non-hydrogen) atoms. The average molecular weight is 275 g/mol. The van der Waals surface area contributed by atoms with Crippen molar-refractivity contribution in [2.75, 3.05) is 13.3 Å². The van der Waals surface area contributed by atoms with Gasteiger partial charge in [-0.25, -0.2) is 0 Å². The van der Waals surface area contributed by atoms with Gasteiger partial charge >= 0.3 is 0 Å². The largest absolute Gasteiger partial charge is 0.468 e. The van der Waals surface area contributed by atoms with Crippen LogP contribution in [0.25, 0.3) is 0 Å². The summed E-state index contributed by atoms with van der Waals surface area (Å²) in [7, 11) is 0. The molecule has 0 fully saturated rings. The fourth-order valence-corrected chi connectivity index (χ4v) is 2.16. The molecule has 3 rings (SSSR count). The number of hydrogen-bond acceptors (Lipinski definition) is 5. The van der Waals surface area contributed by atoms with E-state index in [1.165, 1.54) is 0 Å². The average Bonchev–Trinajstić information content (AvgIpc) is 3.13. The molecule has 5 nitrogen and oxygen atoms in total. The van der Waals surface area contributed by atoms with E-state index in [9.17, 15) is 5.11 Å². The van der Waals surface area contributed by atoms with Gasteiger partial charge in [0.25, 0.3) is 0 Å². The van der Waals surface area contributed by atoms with Gasteiger partial charge in [-0.2, -0.15) is 0 Å². The Balaban J connectivity index is 1.60. The van der Waals surface area contributed by atoms with E-state index in [1.807, 2.05) is 37.3 Å². The van der Waals surface area contributed by atoms with Crippen LogP contribution in [-0.4, -0.2) is 18.4 Å². The molecule has 1 aromatic carbocycles. The van der Waals surface area contributed by atoms with Gasteiger partial charge in [-0.15, -0.1) is 0 Å². The van der Waals surface area contributed by atoms with Crippen LogP contribution in [0.4, 0.5) is 0 Å². The summed E-state index contributed by atoms with van der Waals surface area (Å²) in [5, 5.41) is 13.4. The van der Waals surface area contributed by atoms with E-state index in [0.29, 0.717) is 12.3 Å². The number of benzene rings is 1. The predicted molar refractivity (Wildman–Crippen MR) is 72.7 cm³/mol. The third kappa shape index (κ3) is 2.64. The molecule has 2 heterocycles. The van der Waals surface area contributed by atoms with Gasteiger partial charge in [-0.3, -0.25) is 0 Å². The molecule has 106 valence electrons. The minimum Gasteiger partial charge on any atom is -0.468 e. The first-order valence-electron chi connectivity index (χ1n) is 6.58. The zero-order valence-corrected chi connectivity index (χ0v) is 11.2. The molecule has 1 aliphatic rings. The van der Waals surface area contributed by atoms with Gasteiger partial charge in [-0.1, -0.05) is 6.07 Å². The van der Waals surface area contributed by atoms with Crippen molar-refractivity contribution in [3.8, 4) is 11.5 Å². The zero-order chi connectivity index (χ0) is 13.9. The highest BCUT2D eigenvalue weighted by Crippen LogP contribution is 2.34. The number of rotatable bonds is 5. The number of aliphatic hydroxyl groups excluding tert-OH is 1. The van der Waals surface area contributed by atoms with E-state index in [-0.39, 0.29) is 12.8 Å². The van der Waals surface area contributed by atoms with Gasteiger partial charge in [0.2, 0.25) is 6.79 Å². The Kier molecular flexibility index (Phi) is 3.62. The molecule has 0 saturated carbocycles. The highest BCUT2D eigenvalue weighted by Gasteiger charge is 2.17. The molecule has 1 unspecified atom stereocenters. The van der Waals surface area contributed by atoms with Crippen molar-refractivity contribution in [2.45, 2.75) is 19.1 Å². The predicted octanol–water partition coefficient (Wildman–Crippen LogP) is 2.39. The van der Waals surface area contributed by atoms with Crippen molar-refractivity contribution < 1.29 is 19.0 Å². The van der Waals surface area contributed by atoms with Crippen LogP contribution in [0.15, 0.2) is 41.0 Å². The Bertz CT molecular complexity index is 567. The number of hydrogen-bond donors (Lipinski definition) is 2. The molecular formula is C15H17NO4. The van der Waals surface area contributed by atoms with E-state index in [4.69, 9.17) is 13.9 Å². The summed E-state index contributed by atoms with van der Waals surface area (Å²) in [5.74, 6) is 2.25. The molecule has 0 spiro atoms. The summed E-state index contributed by atoms with van der Waals surface area (Å²) in [4.78, 5) is 0. The van der Waals surface area contributed by atoms with Gasteiger partial charge in [-0.05, 0) is 36.8 Å². The van der Waals surface area contributed by atoms with E-state index in [2.05, 4.69) is 5.32 Å². The number of aliphatic hydroxyl groups is 1. The molecular weight excluding hydrogens is 258 g/mol. The second-order valence-electron chi connectivity index (χ2n) is 4.77. The fourth-order valence-electron chi connectivity index (χ4n) is 2.16. The van der Waals surface area contributed by atoms with E-state index < -0.39 is 6.10 Å². The molecule has 1 aliphatic heterocycles. The van der Waals surface area contributed by atoms with Crippen molar-refractivity contribution in [3.05, 3.63) is 47.9 Å². The summed E-state index contributed by atoms with van der Waals surface area (Å²) < 4.78 is 15.9. The highest BCUT2D eigenvalue weighted by atomic mass is 16.7. The SMILES string of the molecule is C[C@@H](NCC(O)c1ccc2c(c1)OCO2)c1ccco1. The molecule has 2 aromatic rings. The molecule has 0 bridgehead atoms. The molecule has 0 radical (unpaired) electrons. The normalized spacial score (nSPS) is 16.1. The summed E-state index contributed by atoms with van der Waals surface area (Å²) in [6, 6.07) is 9.28. The Morgan fingerprint density at radius 2 is 2.10 bits per heavy atom. The summed E-state index contributed by atoms with van der Waals surface area (Å²) in [6.07, 6.45) is 1.03. The fraction of sp³-hybridized carbons (Fsp3) is 0.333. The molecule has 2 N–H and O–H groups in total. The zero-order valence-electron chi connectivity index (χ0n) is 11.2. The van der Waals surface area contributed by atoms with Gasteiger partial charge in [0, 0.05) is 6.54 Å². The van der Waals surface area contributed by atoms with Crippen LogP contribution in [0.1, 0.15) is 30.4 Å². The topological polar surface area (TPSA) is 63.9 Å². The van der Waals surface area contributed by atoms with Crippen LogP contribution in [0.3, 0.4) is 0 Å². The Hall–Kier alpha value is -1.98. The third-order valence-electron chi connectivity index (χ3n) is 3.37. The monoisotopic (exact) mass is 275 g/mol. The van der Waals surface area contributed by atoms with Gasteiger partial charge < -0.3 is 24.3 Å². The molecule has 2 atom stereocenters. The lowest BCUT2D eigenvalue weighted by molar-refractivity contribution is 0.167. The third-order valence-corrected chi connectivity index (χ3v) is 3.37.